The van der Waals surface area contributed by atoms with Crippen molar-refractivity contribution in [2.24, 2.45) is 0 Å². The molecule has 2 saturated heterocycles. The molecule has 32 heavy (non-hydrogen) atoms. The Labute approximate surface area is 196 Å². The van der Waals surface area contributed by atoms with Crippen LogP contribution in [0.1, 0.15) is 18.1 Å². The van der Waals surface area contributed by atoms with E-state index in [4.69, 9.17) is 11.6 Å². The molecule has 0 radical (unpaired) electrons. The second-order valence-electron chi connectivity index (χ2n) is 8.13. The number of benzene rings is 2. The first-order valence-corrected chi connectivity index (χ1v) is 11.9. The Morgan fingerprint density at radius 3 is 2.50 bits per heavy atom. The van der Waals surface area contributed by atoms with Crippen molar-refractivity contribution in [3.8, 4) is 0 Å². The van der Waals surface area contributed by atoms with Crippen LogP contribution in [0.25, 0.3) is 0 Å². The summed E-state index contributed by atoms with van der Waals surface area (Å²) in [4.78, 5) is 41.3. The van der Waals surface area contributed by atoms with E-state index >= 15 is 0 Å². The molecule has 2 N–H and O–H groups in total. The van der Waals surface area contributed by atoms with Crippen molar-refractivity contribution in [1.82, 2.24) is 10.2 Å². The Kier molecular flexibility index (Phi) is 6.35. The molecule has 2 aliphatic rings. The van der Waals surface area contributed by atoms with Gasteiger partial charge in [0.1, 0.15) is 12.1 Å². The summed E-state index contributed by atoms with van der Waals surface area (Å²) < 4.78 is 0. The Morgan fingerprint density at radius 1 is 1.16 bits per heavy atom. The molecule has 0 aliphatic carbocycles. The van der Waals surface area contributed by atoms with Gasteiger partial charge >= 0.3 is 6.03 Å². The number of imide groups is 1. The van der Waals surface area contributed by atoms with E-state index in [9.17, 15) is 14.4 Å². The lowest BCUT2D eigenvalue weighted by Gasteiger charge is -2.29. The molecule has 2 heterocycles. The molecule has 0 bridgehead atoms. The predicted octanol–water partition coefficient (Wildman–Crippen LogP) is 3.61. The van der Waals surface area contributed by atoms with Gasteiger partial charge in [-0.3, -0.25) is 14.5 Å². The van der Waals surface area contributed by atoms with Gasteiger partial charge in [0.2, 0.25) is 5.91 Å². The smallest absolute Gasteiger partial charge is 0.325 e. The van der Waals surface area contributed by atoms with E-state index in [1.807, 2.05) is 49.0 Å². The molecule has 2 aromatic carbocycles. The number of halogens is 1. The second kappa shape index (κ2) is 9.03. The van der Waals surface area contributed by atoms with E-state index < -0.39 is 23.4 Å². The maximum absolute atomic E-state index is 13.0. The predicted molar refractivity (Wildman–Crippen MR) is 128 cm³/mol. The molecule has 4 rings (SSSR count). The fourth-order valence-electron chi connectivity index (χ4n) is 3.91. The standard InChI is InChI=1S/C23H25ClN4O3S/c1-15-3-5-16(6-4-15)23(2)21(30)28(22(31)26-23)14-20(29)25-17-7-8-19(18(24)13-17)27-9-11-32-12-10-27/h3-8,13H,9-12,14H2,1-2H3,(H,25,29)(H,26,31). The number of nitrogens with one attached hydrogen (secondary N) is 2. The molecule has 2 aliphatic heterocycles. The Hall–Kier alpha value is -2.71. The highest BCUT2D eigenvalue weighted by Gasteiger charge is 2.49. The molecule has 7 nitrogen and oxygen atoms in total. The van der Waals surface area contributed by atoms with Crippen LogP contribution in [0.3, 0.4) is 0 Å². The van der Waals surface area contributed by atoms with Crippen LogP contribution in [-0.2, 0) is 15.1 Å². The fraction of sp³-hybridized carbons (Fsp3) is 0.348. The Bertz CT molecular complexity index is 1060. The van der Waals surface area contributed by atoms with E-state index in [1.54, 1.807) is 19.1 Å². The maximum Gasteiger partial charge on any atom is 0.325 e. The summed E-state index contributed by atoms with van der Waals surface area (Å²) in [7, 11) is 0. The number of hydrogen-bond acceptors (Lipinski definition) is 5. The van der Waals surface area contributed by atoms with Crippen molar-refractivity contribution in [1.29, 1.82) is 0 Å². The zero-order valence-electron chi connectivity index (χ0n) is 18.0. The van der Waals surface area contributed by atoms with Gasteiger partial charge in [0.05, 0.1) is 10.7 Å². The van der Waals surface area contributed by atoms with Crippen molar-refractivity contribution >= 4 is 52.6 Å². The minimum Gasteiger partial charge on any atom is -0.369 e. The second-order valence-corrected chi connectivity index (χ2v) is 9.76. The number of amides is 4. The zero-order valence-corrected chi connectivity index (χ0v) is 19.6. The molecule has 2 fully saturated rings. The normalized spacial score (nSPS) is 21.0. The quantitative estimate of drug-likeness (QED) is 0.650. The monoisotopic (exact) mass is 472 g/mol. The number of carbonyl (C=O) groups excluding carboxylic acids is 3. The van der Waals surface area contributed by atoms with Crippen LogP contribution in [-0.4, -0.2) is 53.9 Å². The fourth-order valence-corrected chi connectivity index (χ4v) is 5.12. The third-order valence-electron chi connectivity index (χ3n) is 5.79. The minimum atomic E-state index is -1.21. The number of carbonyl (C=O) groups is 3. The lowest BCUT2D eigenvalue weighted by Crippen LogP contribution is -2.42. The Balaban J connectivity index is 1.42. The lowest BCUT2D eigenvalue weighted by atomic mass is 9.91. The summed E-state index contributed by atoms with van der Waals surface area (Å²) in [6.07, 6.45) is 0. The van der Waals surface area contributed by atoms with Gasteiger partial charge in [0.15, 0.2) is 0 Å². The van der Waals surface area contributed by atoms with E-state index in [2.05, 4.69) is 15.5 Å². The third kappa shape index (κ3) is 4.42. The minimum absolute atomic E-state index is 0.380. The molecular formula is C23H25ClN4O3S. The third-order valence-corrected chi connectivity index (χ3v) is 7.03. The number of nitrogens with zero attached hydrogens (tertiary/aromatic N) is 2. The largest absolute Gasteiger partial charge is 0.369 e. The van der Waals surface area contributed by atoms with Gasteiger partial charge in [-0.1, -0.05) is 41.4 Å². The van der Waals surface area contributed by atoms with Crippen LogP contribution in [0, 0.1) is 6.92 Å². The van der Waals surface area contributed by atoms with Gasteiger partial charge in [-0.25, -0.2) is 4.79 Å². The van der Waals surface area contributed by atoms with E-state index in [0.717, 1.165) is 40.7 Å². The van der Waals surface area contributed by atoms with Crippen LogP contribution in [0.2, 0.25) is 5.02 Å². The van der Waals surface area contributed by atoms with Crippen LogP contribution >= 0.6 is 23.4 Å². The topological polar surface area (TPSA) is 81.8 Å². The van der Waals surface area contributed by atoms with Crippen LogP contribution in [0.15, 0.2) is 42.5 Å². The highest BCUT2D eigenvalue weighted by Crippen LogP contribution is 2.31. The highest BCUT2D eigenvalue weighted by atomic mass is 35.5. The number of thioether (sulfide) groups is 1. The van der Waals surface area contributed by atoms with Crippen molar-refractivity contribution in [3.05, 3.63) is 58.6 Å². The first-order chi connectivity index (χ1) is 15.3. The molecule has 0 aromatic heterocycles. The molecule has 1 atom stereocenters. The van der Waals surface area contributed by atoms with Gasteiger partial charge in [-0.2, -0.15) is 11.8 Å². The van der Waals surface area contributed by atoms with Crippen molar-refractivity contribution in [3.63, 3.8) is 0 Å². The first-order valence-electron chi connectivity index (χ1n) is 10.4. The molecule has 4 amide bonds. The number of rotatable bonds is 5. The molecule has 0 spiro atoms. The van der Waals surface area contributed by atoms with Gasteiger partial charge < -0.3 is 15.5 Å². The molecular weight excluding hydrogens is 448 g/mol. The number of urea groups is 1. The zero-order chi connectivity index (χ0) is 22.9. The van der Waals surface area contributed by atoms with E-state index in [1.165, 1.54) is 0 Å². The molecule has 2 aromatic rings. The summed E-state index contributed by atoms with van der Waals surface area (Å²) in [6.45, 7) is 5.08. The van der Waals surface area contributed by atoms with Gasteiger partial charge in [0.25, 0.3) is 5.91 Å². The highest BCUT2D eigenvalue weighted by molar-refractivity contribution is 7.99. The SMILES string of the molecule is Cc1ccc(C2(C)NC(=O)N(CC(=O)Nc3ccc(N4CCSCC4)c(Cl)c3)C2=O)cc1. The van der Waals surface area contributed by atoms with Crippen LogP contribution < -0.4 is 15.5 Å². The first kappa shape index (κ1) is 22.5. The molecule has 1 unspecified atom stereocenters. The van der Waals surface area contributed by atoms with Crippen molar-refractivity contribution < 1.29 is 14.4 Å². The number of aryl methyl sites for hydroxylation is 1. The van der Waals surface area contributed by atoms with Crippen LogP contribution in [0.4, 0.5) is 16.2 Å². The summed E-state index contributed by atoms with van der Waals surface area (Å²) in [6, 6.07) is 12.1. The summed E-state index contributed by atoms with van der Waals surface area (Å²) in [5.41, 5.74) is 1.97. The van der Waals surface area contributed by atoms with Gasteiger partial charge in [-0.15, -0.1) is 0 Å². The summed E-state index contributed by atoms with van der Waals surface area (Å²) >= 11 is 8.37. The van der Waals surface area contributed by atoms with E-state index in [0.29, 0.717) is 16.3 Å². The van der Waals surface area contributed by atoms with E-state index in [-0.39, 0.29) is 6.54 Å². The average molecular weight is 473 g/mol. The molecule has 168 valence electrons. The summed E-state index contributed by atoms with van der Waals surface area (Å²) in [5.74, 6) is 1.18. The number of anilines is 2. The Morgan fingerprint density at radius 2 is 1.84 bits per heavy atom. The lowest BCUT2D eigenvalue weighted by molar-refractivity contribution is -0.133. The maximum atomic E-state index is 13.0. The van der Waals surface area contributed by atoms with Crippen molar-refractivity contribution in [2.75, 3.05) is 41.4 Å². The van der Waals surface area contributed by atoms with Crippen molar-refractivity contribution in [2.45, 2.75) is 19.4 Å². The van der Waals surface area contributed by atoms with Gasteiger partial charge in [-0.05, 0) is 37.6 Å². The average Bonchev–Trinajstić information content (AvgIpc) is 2.98. The molecule has 9 heteroatoms. The van der Waals surface area contributed by atoms with Crippen LogP contribution in [0.5, 0.6) is 0 Å². The molecule has 0 saturated carbocycles. The number of hydrogen-bond donors (Lipinski definition) is 2. The van der Waals surface area contributed by atoms with Gasteiger partial charge in [0, 0.05) is 30.3 Å². The summed E-state index contributed by atoms with van der Waals surface area (Å²) in [5, 5.41) is 6.01.